The summed E-state index contributed by atoms with van der Waals surface area (Å²) in [5, 5.41) is 0. The van der Waals surface area contributed by atoms with Gasteiger partial charge in [0.25, 0.3) is 0 Å². The molecule has 1 aromatic rings. The van der Waals surface area contributed by atoms with Crippen LogP contribution in [0.25, 0.3) is 0 Å². The molecule has 114 valence electrons. The molecule has 0 radical (unpaired) electrons. The highest BCUT2D eigenvalue weighted by Gasteiger charge is 2.02. The summed E-state index contributed by atoms with van der Waals surface area (Å²) in [6.07, 6.45) is 4.97. The molecular weight excluding hydrogens is 272 g/mol. The van der Waals surface area contributed by atoms with Gasteiger partial charge < -0.3 is 4.74 Å². The predicted octanol–water partition coefficient (Wildman–Crippen LogP) is 3.79. The Bertz CT molecular complexity index is 492. The monoisotopic (exact) mass is 298 g/mol. The molecule has 20 heavy (non-hydrogen) atoms. The lowest BCUT2D eigenvalue weighted by Crippen LogP contribution is -2.03. The third-order valence-electron chi connectivity index (χ3n) is 3.20. The highest BCUT2D eigenvalue weighted by Crippen LogP contribution is 2.20. The van der Waals surface area contributed by atoms with Gasteiger partial charge in [-0.15, -0.1) is 0 Å². The van der Waals surface area contributed by atoms with E-state index in [0.29, 0.717) is 18.3 Å². The zero-order chi connectivity index (χ0) is 15.0. The van der Waals surface area contributed by atoms with Crippen LogP contribution in [0.5, 0.6) is 5.75 Å². The van der Waals surface area contributed by atoms with Gasteiger partial charge in [0.1, 0.15) is 15.6 Å². The minimum absolute atomic E-state index is 0.296. The van der Waals surface area contributed by atoms with Crippen molar-refractivity contribution in [2.24, 2.45) is 0 Å². The molecule has 0 aromatic heterocycles. The zero-order valence-corrected chi connectivity index (χ0v) is 13.6. The van der Waals surface area contributed by atoms with Crippen LogP contribution in [0.2, 0.25) is 0 Å². The molecule has 4 heteroatoms. The highest BCUT2D eigenvalue weighted by atomic mass is 32.2. The lowest BCUT2D eigenvalue weighted by Gasteiger charge is -2.10. The van der Waals surface area contributed by atoms with Crippen molar-refractivity contribution < 1.29 is 13.2 Å². The molecule has 0 saturated carbocycles. The molecule has 0 bridgehead atoms. The van der Waals surface area contributed by atoms with E-state index in [2.05, 4.69) is 26.0 Å². The first-order valence-electron chi connectivity index (χ1n) is 7.29. The third kappa shape index (κ3) is 7.53. The number of rotatable bonds is 9. The Morgan fingerprint density at radius 2 is 1.80 bits per heavy atom. The second-order valence-electron chi connectivity index (χ2n) is 5.62. The van der Waals surface area contributed by atoms with Crippen LogP contribution in [0.4, 0.5) is 0 Å². The molecule has 0 spiro atoms. The average molecular weight is 298 g/mol. The predicted molar refractivity (Wildman–Crippen MR) is 84.2 cm³/mol. The van der Waals surface area contributed by atoms with E-state index >= 15 is 0 Å². The number of hydrogen-bond donors (Lipinski definition) is 0. The van der Waals surface area contributed by atoms with Gasteiger partial charge in [-0.05, 0) is 36.5 Å². The first kappa shape index (κ1) is 17.0. The van der Waals surface area contributed by atoms with Crippen molar-refractivity contribution in [1.82, 2.24) is 0 Å². The molecule has 0 unspecified atom stereocenters. The number of hydrogen-bond acceptors (Lipinski definition) is 3. The van der Waals surface area contributed by atoms with Gasteiger partial charge in [0.15, 0.2) is 0 Å². The summed E-state index contributed by atoms with van der Waals surface area (Å²) in [5.41, 5.74) is 1.29. The van der Waals surface area contributed by atoms with Gasteiger partial charge in [-0.25, -0.2) is 8.42 Å². The molecule has 0 amide bonds. The van der Waals surface area contributed by atoms with E-state index in [1.54, 1.807) is 0 Å². The van der Waals surface area contributed by atoms with Crippen molar-refractivity contribution in [2.45, 2.75) is 45.4 Å². The largest absolute Gasteiger partial charge is 0.494 e. The Labute approximate surface area is 123 Å². The van der Waals surface area contributed by atoms with Gasteiger partial charge in [0.05, 0.1) is 6.61 Å². The normalized spacial score (nSPS) is 11.8. The summed E-state index contributed by atoms with van der Waals surface area (Å²) in [6.45, 7) is 5.03. The van der Waals surface area contributed by atoms with Gasteiger partial charge in [0, 0.05) is 12.0 Å². The molecule has 1 rings (SSSR count). The summed E-state index contributed by atoms with van der Waals surface area (Å²) in [5.74, 6) is 1.73. The quantitative estimate of drug-likeness (QED) is 0.651. The molecule has 1 aromatic carbocycles. The maximum Gasteiger partial charge on any atom is 0.147 e. The Balaban J connectivity index is 2.17. The van der Waals surface area contributed by atoms with Gasteiger partial charge >= 0.3 is 0 Å². The van der Waals surface area contributed by atoms with Crippen molar-refractivity contribution in [3.8, 4) is 5.75 Å². The fraction of sp³-hybridized carbons (Fsp3) is 0.625. The maximum absolute atomic E-state index is 11.0. The van der Waals surface area contributed by atoms with E-state index in [1.165, 1.54) is 11.8 Å². The first-order chi connectivity index (χ1) is 9.38. The number of unbranched alkanes of at least 4 members (excludes halogenated alkanes) is 3. The van der Waals surface area contributed by atoms with Crippen LogP contribution in [0, 0.1) is 0 Å². The average Bonchev–Trinajstić information content (AvgIpc) is 2.36. The van der Waals surface area contributed by atoms with Crippen LogP contribution >= 0.6 is 0 Å². The van der Waals surface area contributed by atoms with E-state index in [0.717, 1.165) is 31.4 Å². The second-order valence-corrected chi connectivity index (χ2v) is 7.88. The third-order valence-corrected chi connectivity index (χ3v) is 4.23. The van der Waals surface area contributed by atoms with Crippen LogP contribution in [0.1, 0.15) is 51.0 Å². The second kappa shape index (κ2) is 8.30. The van der Waals surface area contributed by atoms with Crippen LogP contribution in [-0.4, -0.2) is 27.0 Å². The van der Waals surface area contributed by atoms with Gasteiger partial charge in [-0.2, -0.15) is 0 Å². The van der Waals surface area contributed by atoms with Crippen molar-refractivity contribution >= 4 is 9.84 Å². The molecule has 0 saturated heterocycles. The fourth-order valence-corrected chi connectivity index (χ4v) is 2.70. The van der Waals surface area contributed by atoms with Crippen molar-refractivity contribution in [3.63, 3.8) is 0 Å². The van der Waals surface area contributed by atoms with Gasteiger partial charge in [-0.3, -0.25) is 0 Å². The summed E-state index contributed by atoms with van der Waals surface area (Å²) in [4.78, 5) is 0. The summed E-state index contributed by atoms with van der Waals surface area (Å²) < 4.78 is 27.7. The minimum Gasteiger partial charge on any atom is -0.494 e. The SMILES string of the molecule is CC(C)c1cccc(OCCCCCCS(C)(=O)=O)c1. The molecule has 0 aliphatic heterocycles. The summed E-state index contributed by atoms with van der Waals surface area (Å²) in [6, 6.07) is 8.21. The topological polar surface area (TPSA) is 43.4 Å². The van der Waals surface area contributed by atoms with E-state index in [1.807, 2.05) is 12.1 Å². The Kier molecular flexibility index (Phi) is 7.06. The molecule has 3 nitrogen and oxygen atoms in total. The van der Waals surface area contributed by atoms with Crippen LogP contribution in [0.15, 0.2) is 24.3 Å². The maximum atomic E-state index is 11.0. The summed E-state index contributed by atoms with van der Waals surface area (Å²) >= 11 is 0. The molecule has 0 heterocycles. The molecule has 0 aliphatic carbocycles. The molecule has 0 aliphatic rings. The van der Waals surface area contributed by atoms with E-state index in [9.17, 15) is 8.42 Å². The molecule has 0 atom stereocenters. The molecular formula is C16H26O3S. The van der Waals surface area contributed by atoms with Crippen LogP contribution in [-0.2, 0) is 9.84 Å². The van der Waals surface area contributed by atoms with Crippen LogP contribution in [0.3, 0.4) is 0 Å². The standard InChI is InChI=1S/C16H26O3S/c1-14(2)15-9-8-10-16(13-15)19-11-6-4-5-7-12-20(3,17)18/h8-10,13-14H,4-7,11-12H2,1-3H3. The van der Waals surface area contributed by atoms with Crippen molar-refractivity contribution in [2.75, 3.05) is 18.6 Å². The zero-order valence-electron chi connectivity index (χ0n) is 12.8. The lowest BCUT2D eigenvalue weighted by molar-refractivity contribution is 0.304. The number of sulfone groups is 1. The van der Waals surface area contributed by atoms with E-state index in [-0.39, 0.29) is 0 Å². The fourth-order valence-electron chi connectivity index (χ4n) is 1.97. The first-order valence-corrected chi connectivity index (χ1v) is 9.35. The molecule has 0 fully saturated rings. The van der Waals surface area contributed by atoms with Crippen LogP contribution < -0.4 is 4.74 Å². The Morgan fingerprint density at radius 1 is 1.10 bits per heavy atom. The smallest absolute Gasteiger partial charge is 0.147 e. The molecule has 0 N–H and O–H groups in total. The van der Waals surface area contributed by atoms with E-state index in [4.69, 9.17) is 4.74 Å². The Morgan fingerprint density at radius 3 is 2.45 bits per heavy atom. The Hall–Kier alpha value is -1.03. The van der Waals surface area contributed by atoms with Gasteiger partial charge in [-0.1, -0.05) is 38.8 Å². The lowest BCUT2D eigenvalue weighted by atomic mass is 10.0. The van der Waals surface area contributed by atoms with Gasteiger partial charge in [0.2, 0.25) is 0 Å². The number of ether oxygens (including phenoxy) is 1. The summed E-state index contributed by atoms with van der Waals surface area (Å²) in [7, 11) is -2.80. The minimum atomic E-state index is -2.80. The van der Waals surface area contributed by atoms with Crippen molar-refractivity contribution in [1.29, 1.82) is 0 Å². The highest BCUT2D eigenvalue weighted by molar-refractivity contribution is 7.90. The van der Waals surface area contributed by atoms with Crippen molar-refractivity contribution in [3.05, 3.63) is 29.8 Å². The number of benzene rings is 1. The van der Waals surface area contributed by atoms with E-state index < -0.39 is 9.84 Å².